The highest BCUT2D eigenvalue weighted by Gasteiger charge is 2.23. The number of H-pyrrole nitrogens is 1. The van der Waals surface area contributed by atoms with Crippen LogP contribution in [0.1, 0.15) is 29.9 Å². The predicted molar refractivity (Wildman–Crippen MR) is 131 cm³/mol. The van der Waals surface area contributed by atoms with E-state index in [0.717, 1.165) is 4.68 Å². The molecule has 0 amide bonds. The molecule has 12 heteroatoms. The summed E-state index contributed by atoms with van der Waals surface area (Å²) in [5.41, 5.74) is 7.04. The largest absolute Gasteiger partial charge is 0.490 e. The second-order valence-electron chi connectivity index (χ2n) is 7.43. The number of rotatable bonds is 10. The Morgan fingerprint density at radius 1 is 1.19 bits per heavy atom. The molecule has 0 aliphatic heterocycles. The molecule has 1 atom stereocenters. The lowest BCUT2D eigenvalue weighted by Crippen LogP contribution is -2.18. The molecule has 182 valence electrons. The number of nitriles is 1. The van der Waals surface area contributed by atoms with Crippen LogP contribution in [-0.2, 0) is 0 Å². The lowest BCUT2D eigenvalue weighted by atomic mass is 10.0. The van der Waals surface area contributed by atoms with Crippen LogP contribution in [0.2, 0.25) is 0 Å². The highest BCUT2D eigenvalue weighted by molar-refractivity contribution is 5.95. The first-order valence-corrected chi connectivity index (χ1v) is 10.9. The fourth-order valence-corrected chi connectivity index (χ4v) is 3.43. The van der Waals surface area contributed by atoms with Crippen molar-refractivity contribution in [2.45, 2.75) is 13.0 Å². The molecule has 0 aliphatic carbocycles. The van der Waals surface area contributed by atoms with Crippen molar-refractivity contribution in [1.29, 1.82) is 10.7 Å². The Kier molecular flexibility index (Phi) is 7.21. The van der Waals surface area contributed by atoms with Crippen LogP contribution in [0.3, 0.4) is 0 Å². The van der Waals surface area contributed by atoms with E-state index in [-0.39, 0.29) is 18.4 Å². The topological polar surface area (TPSA) is 181 Å². The van der Waals surface area contributed by atoms with E-state index in [0.29, 0.717) is 40.7 Å². The monoisotopic (exact) mass is 485 g/mol. The van der Waals surface area contributed by atoms with Crippen molar-refractivity contribution in [2.24, 2.45) is 5.73 Å². The minimum atomic E-state index is -0.630. The second-order valence-corrected chi connectivity index (χ2v) is 7.43. The first-order chi connectivity index (χ1) is 17.5. The van der Waals surface area contributed by atoms with Crippen LogP contribution in [0.15, 0.2) is 65.7 Å². The van der Waals surface area contributed by atoms with Crippen molar-refractivity contribution in [3.63, 3.8) is 0 Å². The van der Waals surface area contributed by atoms with Crippen LogP contribution in [0.4, 0.5) is 5.69 Å². The summed E-state index contributed by atoms with van der Waals surface area (Å²) in [6.45, 7) is 2.10. The fourth-order valence-electron chi connectivity index (χ4n) is 3.43. The fraction of sp³-hybridized carbons (Fsp3) is 0.167. The number of nitrogens with one attached hydrogen (secondary N) is 3. The number of nitrogen functional groups attached to an aromatic ring is 1. The van der Waals surface area contributed by atoms with Crippen LogP contribution in [0.25, 0.3) is 5.95 Å². The Morgan fingerprint density at radius 3 is 2.61 bits per heavy atom. The number of amidine groups is 1. The molecule has 5 N–H and O–H groups in total. The van der Waals surface area contributed by atoms with Gasteiger partial charge in [-0.05, 0) is 55.0 Å². The van der Waals surface area contributed by atoms with E-state index in [1.807, 2.05) is 13.0 Å². The maximum absolute atomic E-state index is 12.7. The number of hydrogen-bond donors (Lipinski definition) is 4. The number of aromatic amines is 1. The number of aromatic nitrogens is 5. The van der Waals surface area contributed by atoms with E-state index >= 15 is 0 Å². The number of benzene rings is 2. The number of hydrogen-bond acceptors (Lipinski definition) is 9. The van der Waals surface area contributed by atoms with Gasteiger partial charge in [-0.15, -0.1) is 9.78 Å². The molecule has 2 aromatic heterocycles. The quantitative estimate of drug-likeness (QED) is 0.193. The minimum Gasteiger partial charge on any atom is -0.490 e. The van der Waals surface area contributed by atoms with Crippen LogP contribution in [-0.4, -0.2) is 43.8 Å². The third kappa shape index (κ3) is 5.31. The summed E-state index contributed by atoms with van der Waals surface area (Å²) in [7, 11) is 0. The average Bonchev–Trinajstić information content (AvgIpc) is 3.28. The zero-order valence-electron chi connectivity index (χ0n) is 19.3. The van der Waals surface area contributed by atoms with Gasteiger partial charge in [0.05, 0.1) is 6.61 Å². The second kappa shape index (κ2) is 10.8. The summed E-state index contributed by atoms with van der Waals surface area (Å²) in [4.78, 5) is 23.7. The number of ether oxygens (including phenoxy) is 2. The van der Waals surface area contributed by atoms with Crippen LogP contribution in [0, 0.1) is 16.7 Å². The molecular weight excluding hydrogens is 462 g/mol. The van der Waals surface area contributed by atoms with Crippen LogP contribution < -0.4 is 26.2 Å². The van der Waals surface area contributed by atoms with E-state index in [1.54, 1.807) is 48.5 Å². The third-order valence-corrected chi connectivity index (χ3v) is 5.05. The summed E-state index contributed by atoms with van der Waals surface area (Å²) in [6, 6.07) is 15.2. The summed E-state index contributed by atoms with van der Waals surface area (Å²) in [5.74, 6) is 1.25. The van der Waals surface area contributed by atoms with Gasteiger partial charge in [0, 0.05) is 23.6 Å². The SMILES string of the molecule is CCOc1cc(C(Nc2ccc(C(=N)N)cc2)c2nn(-c3ncccn3)c(=O)[nH]2)ccc1OCC#N. The Hall–Kier alpha value is -5.18. The van der Waals surface area contributed by atoms with Crippen molar-refractivity contribution in [2.75, 3.05) is 18.5 Å². The van der Waals surface area contributed by atoms with Gasteiger partial charge in [-0.25, -0.2) is 14.8 Å². The molecule has 0 aliphatic rings. The maximum atomic E-state index is 12.7. The van der Waals surface area contributed by atoms with Gasteiger partial charge in [-0.2, -0.15) is 5.26 Å². The van der Waals surface area contributed by atoms with Crippen molar-refractivity contribution in [1.82, 2.24) is 24.7 Å². The zero-order chi connectivity index (χ0) is 25.5. The van der Waals surface area contributed by atoms with Crippen molar-refractivity contribution < 1.29 is 9.47 Å². The molecule has 2 aromatic carbocycles. The molecule has 0 fully saturated rings. The molecule has 36 heavy (non-hydrogen) atoms. The number of anilines is 1. The Labute approximate surface area is 205 Å². The highest BCUT2D eigenvalue weighted by atomic mass is 16.5. The van der Waals surface area contributed by atoms with Gasteiger partial charge in [0.2, 0.25) is 0 Å². The van der Waals surface area contributed by atoms with E-state index in [9.17, 15) is 4.79 Å². The first kappa shape index (κ1) is 24.0. The summed E-state index contributed by atoms with van der Waals surface area (Å²) < 4.78 is 12.3. The average molecular weight is 486 g/mol. The molecule has 0 spiro atoms. The molecule has 4 aromatic rings. The Balaban J connectivity index is 1.77. The van der Waals surface area contributed by atoms with E-state index in [4.69, 9.17) is 25.9 Å². The standard InChI is InChI=1S/C24H23N9O3/c1-2-35-19-14-16(6-9-18(19)36-13-10-25)20(30-17-7-4-15(5-8-17)21(26)27)22-31-24(34)33(32-22)23-28-11-3-12-29-23/h3-9,11-12,14,20,30H,2,13H2,1H3,(H3,26,27)(H,31,32,34). The molecule has 0 saturated carbocycles. The van der Waals surface area contributed by atoms with Crippen molar-refractivity contribution in [3.05, 3.63) is 88.4 Å². The van der Waals surface area contributed by atoms with E-state index < -0.39 is 11.7 Å². The first-order valence-electron chi connectivity index (χ1n) is 10.9. The van der Waals surface area contributed by atoms with Gasteiger partial charge in [-0.3, -0.25) is 10.4 Å². The van der Waals surface area contributed by atoms with Crippen molar-refractivity contribution >= 4 is 11.5 Å². The summed E-state index contributed by atoms with van der Waals surface area (Å²) in [6.07, 6.45) is 3.04. The molecule has 0 saturated heterocycles. The third-order valence-electron chi connectivity index (χ3n) is 5.05. The lowest BCUT2D eigenvalue weighted by molar-refractivity contribution is 0.298. The van der Waals surface area contributed by atoms with Gasteiger partial charge >= 0.3 is 5.69 Å². The molecule has 4 rings (SSSR count). The van der Waals surface area contributed by atoms with Crippen molar-refractivity contribution in [3.8, 4) is 23.5 Å². The van der Waals surface area contributed by atoms with Gasteiger partial charge in [0.1, 0.15) is 17.9 Å². The van der Waals surface area contributed by atoms with Crippen LogP contribution in [0.5, 0.6) is 11.5 Å². The Bertz CT molecular complexity index is 1440. The van der Waals surface area contributed by atoms with Gasteiger partial charge in [-0.1, -0.05) is 6.07 Å². The number of nitrogens with zero attached hydrogens (tertiary/aromatic N) is 5. The van der Waals surface area contributed by atoms with Gasteiger partial charge < -0.3 is 20.5 Å². The molecule has 1 unspecified atom stereocenters. The normalized spacial score (nSPS) is 11.3. The van der Waals surface area contributed by atoms with Crippen LogP contribution >= 0.6 is 0 Å². The zero-order valence-corrected chi connectivity index (χ0v) is 19.3. The molecular formula is C24H23N9O3. The maximum Gasteiger partial charge on any atom is 0.350 e. The highest BCUT2D eigenvalue weighted by Crippen LogP contribution is 2.33. The molecule has 2 heterocycles. The van der Waals surface area contributed by atoms with E-state index in [1.165, 1.54) is 12.4 Å². The predicted octanol–water partition coefficient (Wildman–Crippen LogP) is 2.14. The van der Waals surface area contributed by atoms with E-state index in [2.05, 4.69) is 25.4 Å². The molecule has 12 nitrogen and oxygen atoms in total. The minimum absolute atomic E-state index is 0.0432. The lowest BCUT2D eigenvalue weighted by Gasteiger charge is -2.20. The summed E-state index contributed by atoms with van der Waals surface area (Å²) in [5, 5.41) is 24.3. The molecule has 0 bridgehead atoms. The van der Waals surface area contributed by atoms with Gasteiger partial charge in [0.25, 0.3) is 5.95 Å². The molecule has 0 radical (unpaired) electrons. The summed E-state index contributed by atoms with van der Waals surface area (Å²) >= 11 is 0. The van der Waals surface area contributed by atoms with Gasteiger partial charge in [0.15, 0.2) is 23.9 Å². The Morgan fingerprint density at radius 2 is 1.94 bits per heavy atom. The number of nitrogens with two attached hydrogens (primary N) is 1. The smallest absolute Gasteiger partial charge is 0.350 e.